The van der Waals surface area contributed by atoms with Crippen molar-refractivity contribution in [2.75, 3.05) is 6.54 Å². The Balaban J connectivity index is 1.86. The largest absolute Gasteiger partial charge is 0.424 e. The number of aromatic nitrogens is 2. The molecule has 18 heavy (non-hydrogen) atoms. The molecule has 1 heterocycles. The molecule has 0 aliphatic rings. The molecule has 0 atom stereocenters. The van der Waals surface area contributed by atoms with Gasteiger partial charge in [0.05, 0.1) is 13.0 Å². The Hall–Kier alpha value is -1.68. The van der Waals surface area contributed by atoms with Crippen molar-refractivity contribution in [3.8, 4) is 0 Å². The molecule has 0 unspecified atom stereocenters. The molecule has 1 aromatic heterocycles. The molecule has 0 amide bonds. The summed E-state index contributed by atoms with van der Waals surface area (Å²) in [5.74, 6) is 1.95. The number of rotatable bonds is 6. The summed E-state index contributed by atoms with van der Waals surface area (Å²) in [4.78, 5) is 0. The van der Waals surface area contributed by atoms with Gasteiger partial charge in [-0.15, -0.1) is 10.2 Å². The van der Waals surface area contributed by atoms with Crippen LogP contribution in [-0.4, -0.2) is 16.7 Å². The summed E-state index contributed by atoms with van der Waals surface area (Å²) in [5, 5.41) is 11.4. The summed E-state index contributed by atoms with van der Waals surface area (Å²) in [5.41, 5.74) is 1.18. The molecule has 0 fully saturated rings. The first-order valence-electron chi connectivity index (χ1n) is 6.30. The van der Waals surface area contributed by atoms with Crippen LogP contribution in [0.3, 0.4) is 0 Å². The molecule has 0 saturated carbocycles. The predicted octanol–water partition coefficient (Wildman–Crippen LogP) is 2.41. The molecule has 96 valence electrons. The first kappa shape index (κ1) is 12.8. The average Bonchev–Trinajstić information content (AvgIpc) is 2.78. The van der Waals surface area contributed by atoms with Gasteiger partial charge in [0.25, 0.3) is 0 Å². The quantitative estimate of drug-likeness (QED) is 0.849. The van der Waals surface area contributed by atoms with Gasteiger partial charge >= 0.3 is 0 Å². The summed E-state index contributed by atoms with van der Waals surface area (Å²) in [6.07, 6.45) is 0.692. The highest BCUT2D eigenvalue weighted by Crippen LogP contribution is 2.08. The summed E-state index contributed by atoms with van der Waals surface area (Å²) in [7, 11) is 0. The van der Waals surface area contributed by atoms with Gasteiger partial charge in [-0.2, -0.15) is 0 Å². The normalized spacial score (nSPS) is 11.1. The van der Waals surface area contributed by atoms with Gasteiger partial charge in [-0.1, -0.05) is 44.2 Å². The van der Waals surface area contributed by atoms with E-state index in [2.05, 4.69) is 41.5 Å². The maximum Gasteiger partial charge on any atom is 0.230 e. The molecule has 0 bridgehead atoms. The summed E-state index contributed by atoms with van der Waals surface area (Å²) >= 11 is 0. The molecule has 4 nitrogen and oxygen atoms in total. The molecule has 1 aromatic carbocycles. The maximum atomic E-state index is 5.58. The fourth-order valence-electron chi connectivity index (χ4n) is 1.67. The molecule has 4 heteroatoms. The molecular formula is C14H19N3O. The lowest BCUT2D eigenvalue weighted by atomic mass is 10.2. The molecular weight excluding hydrogens is 226 g/mol. The van der Waals surface area contributed by atoms with Crippen LogP contribution in [0.1, 0.15) is 31.2 Å². The van der Waals surface area contributed by atoms with Crippen LogP contribution >= 0.6 is 0 Å². The minimum absolute atomic E-state index is 0.622. The molecule has 0 aliphatic heterocycles. The van der Waals surface area contributed by atoms with Gasteiger partial charge in [-0.05, 0) is 18.0 Å². The van der Waals surface area contributed by atoms with Crippen molar-refractivity contribution in [2.45, 2.75) is 26.8 Å². The zero-order valence-electron chi connectivity index (χ0n) is 10.9. The first-order valence-corrected chi connectivity index (χ1v) is 6.30. The highest BCUT2D eigenvalue weighted by molar-refractivity contribution is 5.17. The number of benzene rings is 1. The second-order valence-corrected chi connectivity index (χ2v) is 4.78. The highest BCUT2D eigenvalue weighted by Gasteiger charge is 2.06. The van der Waals surface area contributed by atoms with Gasteiger partial charge in [0.2, 0.25) is 11.8 Å². The van der Waals surface area contributed by atoms with E-state index in [9.17, 15) is 0 Å². The average molecular weight is 245 g/mol. The van der Waals surface area contributed by atoms with Gasteiger partial charge in [0.15, 0.2) is 0 Å². The minimum Gasteiger partial charge on any atom is -0.424 e. The standard InChI is InChI=1S/C14H19N3O/c1-11(2)9-15-10-14-17-16-13(18-14)8-12-6-4-3-5-7-12/h3-7,11,15H,8-10H2,1-2H3. The Bertz CT molecular complexity index is 465. The zero-order valence-corrected chi connectivity index (χ0v) is 10.9. The third kappa shape index (κ3) is 3.96. The Kier molecular flexibility index (Phi) is 4.47. The molecule has 0 aliphatic carbocycles. The van der Waals surface area contributed by atoms with Gasteiger partial charge in [-0.25, -0.2) is 0 Å². The van der Waals surface area contributed by atoms with Crippen LogP contribution < -0.4 is 5.32 Å². The van der Waals surface area contributed by atoms with E-state index in [1.807, 2.05) is 18.2 Å². The van der Waals surface area contributed by atoms with E-state index in [4.69, 9.17) is 4.42 Å². The van der Waals surface area contributed by atoms with E-state index in [-0.39, 0.29) is 0 Å². The van der Waals surface area contributed by atoms with Gasteiger partial charge in [0, 0.05) is 0 Å². The van der Waals surface area contributed by atoms with E-state index in [0.29, 0.717) is 30.7 Å². The third-order valence-corrected chi connectivity index (χ3v) is 2.54. The molecule has 0 saturated heterocycles. The van der Waals surface area contributed by atoms with Crippen molar-refractivity contribution in [1.29, 1.82) is 0 Å². The zero-order chi connectivity index (χ0) is 12.8. The SMILES string of the molecule is CC(C)CNCc1nnc(Cc2ccccc2)o1. The monoisotopic (exact) mass is 245 g/mol. The van der Waals surface area contributed by atoms with E-state index in [0.717, 1.165) is 6.54 Å². The molecule has 1 N–H and O–H groups in total. The fourth-order valence-corrected chi connectivity index (χ4v) is 1.67. The number of nitrogens with one attached hydrogen (secondary N) is 1. The number of hydrogen-bond donors (Lipinski definition) is 1. The van der Waals surface area contributed by atoms with Crippen molar-refractivity contribution in [2.24, 2.45) is 5.92 Å². The fraction of sp³-hybridized carbons (Fsp3) is 0.429. The molecule has 2 aromatic rings. The third-order valence-electron chi connectivity index (χ3n) is 2.54. The Morgan fingerprint density at radius 3 is 2.56 bits per heavy atom. The Morgan fingerprint density at radius 2 is 1.83 bits per heavy atom. The van der Waals surface area contributed by atoms with Gasteiger partial charge < -0.3 is 9.73 Å². The van der Waals surface area contributed by atoms with Crippen LogP contribution in [0.15, 0.2) is 34.7 Å². The van der Waals surface area contributed by atoms with Crippen molar-refractivity contribution in [1.82, 2.24) is 15.5 Å². The molecule has 0 spiro atoms. The van der Waals surface area contributed by atoms with Crippen LogP contribution in [0.2, 0.25) is 0 Å². The van der Waals surface area contributed by atoms with Crippen LogP contribution in [0, 0.1) is 5.92 Å². The van der Waals surface area contributed by atoms with E-state index in [1.54, 1.807) is 0 Å². The van der Waals surface area contributed by atoms with E-state index >= 15 is 0 Å². The van der Waals surface area contributed by atoms with Crippen LogP contribution in [-0.2, 0) is 13.0 Å². The van der Waals surface area contributed by atoms with Crippen LogP contribution in [0.4, 0.5) is 0 Å². The lowest BCUT2D eigenvalue weighted by molar-refractivity contribution is 0.428. The van der Waals surface area contributed by atoms with Gasteiger partial charge in [-0.3, -0.25) is 0 Å². The summed E-state index contributed by atoms with van der Waals surface area (Å²) in [6, 6.07) is 10.1. The van der Waals surface area contributed by atoms with Crippen molar-refractivity contribution in [3.63, 3.8) is 0 Å². The molecule has 2 rings (SSSR count). The minimum atomic E-state index is 0.622. The van der Waals surface area contributed by atoms with Crippen molar-refractivity contribution < 1.29 is 4.42 Å². The smallest absolute Gasteiger partial charge is 0.230 e. The van der Waals surface area contributed by atoms with Crippen molar-refractivity contribution in [3.05, 3.63) is 47.7 Å². The predicted molar refractivity (Wildman–Crippen MR) is 70.1 cm³/mol. The van der Waals surface area contributed by atoms with Crippen molar-refractivity contribution >= 4 is 0 Å². The lowest BCUT2D eigenvalue weighted by Gasteiger charge is -2.03. The van der Waals surface area contributed by atoms with E-state index in [1.165, 1.54) is 5.56 Å². The number of nitrogens with zero attached hydrogens (tertiary/aromatic N) is 2. The second kappa shape index (κ2) is 6.31. The highest BCUT2D eigenvalue weighted by atomic mass is 16.4. The molecule has 0 radical (unpaired) electrons. The Morgan fingerprint density at radius 1 is 1.11 bits per heavy atom. The lowest BCUT2D eigenvalue weighted by Crippen LogP contribution is -2.19. The van der Waals surface area contributed by atoms with Crippen LogP contribution in [0.25, 0.3) is 0 Å². The van der Waals surface area contributed by atoms with Crippen LogP contribution in [0.5, 0.6) is 0 Å². The summed E-state index contributed by atoms with van der Waals surface area (Å²) < 4.78 is 5.58. The Labute approximate surface area is 107 Å². The second-order valence-electron chi connectivity index (χ2n) is 4.78. The number of hydrogen-bond acceptors (Lipinski definition) is 4. The topological polar surface area (TPSA) is 51.0 Å². The maximum absolute atomic E-state index is 5.58. The first-order chi connectivity index (χ1) is 8.74. The summed E-state index contributed by atoms with van der Waals surface area (Å²) in [6.45, 7) is 5.93. The van der Waals surface area contributed by atoms with E-state index < -0.39 is 0 Å². The van der Waals surface area contributed by atoms with Gasteiger partial charge in [0.1, 0.15) is 0 Å².